The standard InChI is InChI=1S/C14H20FNO3/c1-11(14(18)16-9-3-2-4-10-17)19-13-7-5-12(15)6-8-13/h5-8,11,17H,2-4,9-10H2,1H3,(H,16,18). The van der Waals surface area contributed by atoms with Crippen molar-refractivity contribution in [3.63, 3.8) is 0 Å². The van der Waals surface area contributed by atoms with Crippen LogP contribution in [-0.4, -0.2) is 30.3 Å². The van der Waals surface area contributed by atoms with Crippen LogP contribution in [0.1, 0.15) is 26.2 Å². The summed E-state index contributed by atoms with van der Waals surface area (Å²) in [6.07, 6.45) is 1.83. The minimum absolute atomic E-state index is 0.179. The molecule has 5 heteroatoms. The fraction of sp³-hybridized carbons (Fsp3) is 0.500. The Labute approximate surface area is 112 Å². The summed E-state index contributed by atoms with van der Waals surface area (Å²) >= 11 is 0. The summed E-state index contributed by atoms with van der Waals surface area (Å²) in [7, 11) is 0. The summed E-state index contributed by atoms with van der Waals surface area (Å²) in [6.45, 7) is 2.39. The Balaban J connectivity index is 2.26. The first-order chi connectivity index (χ1) is 9.13. The monoisotopic (exact) mass is 269 g/mol. The molecule has 0 fully saturated rings. The highest BCUT2D eigenvalue weighted by Crippen LogP contribution is 2.12. The number of unbranched alkanes of at least 4 members (excludes halogenated alkanes) is 2. The van der Waals surface area contributed by atoms with Crippen LogP contribution in [0.5, 0.6) is 5.75 Å². The third-order valence-corrected chi connectivity index (χ3v) is 2.63. The molecule has 0 aliphatic rings. The molecule has 1 aromatic rings. The third kappa shape index (κ3) is 6.20. The predicted molar refractivity (Wildman–Crippen MR) is 70.4 cm³/mol. The average Bonchev–Trinajstić information content (AvgIpc) is 2.41. The van der Waals surface area contributed by atoms with E-state index in [1.54, 1.807) is 6.92 Å². The van der Waals surface area contributed by atoms with Crippen LogP contribution in [0.25, 0.3) is 0 Å². The van der Waals surface area contributed by atoms with Gasteiger partial charge in [-0.1, -0.05) is 0 Å². The third-order valence-electron chi connectivity index (χ3n) is 2.63. The van der Waals surface area contributed by atoms with Crippen LogP contribution < -0.4 is 10.1 Å². The van der Waals surface area contributed by atoms with Gasteiger partial charge in [0.05, 0.1) is 0 Å². The van der Waals surface area contributed by atoms with Crippen molar-refractivity contribution in [1.29, 1.82) is 0 Å². The molecular formula is C14H20FNO3. The summed E-state index contributed by atoms with van der Waals surface area (Å²) in [6, 6.07) is 5.55. The lowest BCUT2D eigenvalue weighted by Crippen LogP contribution is -2.36. The van der Waals surface area contributed by atoms with Gasteiger partial charge in [0.1, 0.15) is 11.6 Å². The molecule has 0 radical (unpaired) electrons. The number of hydrogen-bond acceptors (Lipinski definition) is 3. The SMILES string of the molecule is CC(Oc1ccc(F)cc1)C(=O)NCCCCCO. The lowest BCUT2D eigenvalue weighted by molar-refractivity contribution is -0.127. The normalized spacial score (nSPS) is 11.9. The van der Waals surface area contributed by atoms with Gasteiger partial charge < -0.3 is 15.2 Å². The number of benzene rings is 1. The van der Waals surface area contributed by atoms with Crippen LogP contribution in [0.4, 0.5) is 4.39 Å². The van der Waals surface area contributed by atoms with E-state index in [9.17, 15) is 9.18 Å². The van der Waals surface area contributed by atoms with E-state index in [4.69, 9.17) is 9.84 Å². The van der Waals surface area contributed by atoms with E-state index in [0.717, 1.165) is 19.3 Å². The van der Waals surface area contributed by atoms with Crippen LogP contribution in [0.15, 0.2) is 24.3 Å². The van der Waals surface area contributed by atoms with Gasteiger partial charge in [-0.3, -0.25) is 4.79 Å². The first kappa shape index (κ1) is 15.4. The zero-order chi connectivity index (χ0) is 14.1. The number of carbonyl (C=O) groups is 1. The Bertz CT molecular complexity index is 381. The van der Waals surface area contributed by atoms with Crippen LogP contribution in [-0.2, 0) is 4.79 Å². The second-order valence-electron chi connectivity index (χ2n) is 4.29. The summed E-state index contributed by atoms with van der Waals surface area (Å²) in [5.41, 5.74) is 0. The molecule has 0 saturated carbocycles. The average molecular weight is 269 g/mol. The Morgan fingerprint density at radius 1 is 1.32 bits per heavy atom. The van der Waals surface area contributed by atoms with Crippen LogP contribution >= 0.6 is 0 Å². The van der Waals surface area contributed by atoms with Crippen molar-refractivity contribution in [2.75, 3.05) is 13.2 Å². The van der Waals surface area contributed by atoms with E-state index in [0.29, 0.717) is 12.3 Å². The molecule has 0 spiro atoms. The molecule has 2 N–H and O–H groups in total. The Morgan fingerprint density at radius 2 is 2.00 bits per heavy atom. The van der Waals surface area contributed by atoms with E-state index in [1.807, 2.05) is 0 Å². The Hall–Kier alpha value is -1.62. The lowest BCUT2D eigenvalue weighted by Gasteiger charge is -2.14. The predicted octanol–water partition coefficient (Wildman–Crippen LogP) is 1.87. The topological polar surface area (TPSA) is 58.6 Å². The summed E-state index contributed by atoms with van der Waals surface area (Å²) in [4.78, 5) is 11.7. The summed E-state index contributed by atoms with van der Waals surface area (Å²) in [5, 5.41) is 11.4. The molecule has 0 aliphatic heterocycles. The number of nitrogens with one attached hydrogen (secondary N) is 1. The van der Waals surface area contributed by atoms with Crippen LogP contribution in [0.2, 0.25) is 0 Å². The molecule has 1 amide bonds. The number of halogens is 1. The molecule has 0 aromatic heterocycles. The van der Waals surface area contributed by atoms with Gasteiger partial charge in [-0.2, -0.15) is 0 Å². The second-order valence-corrected chi connectivity index (χ2v) is 4.29. The van der Waals surface area contributed by atoms with E-state index < -0.39 is 6.10 Å². The van der Waals surface area contributed by atoms with Crippen LogP contribution in [0.3, 0.4) is 0 Å². The summed E-state index contributed by atoms with van der Waals surface area (Å²) < 4.78 is 18.1. The number of aliphatic hydroxyl groups is 1. The van der Waals surface area contributed by atoms with E-state index in [1.165, 1.54) is 24.3 Å². The van der Waals surface area contributed by atoms with Gasteiger partial charge in [0.2, 0.25) is 0 Å². The molecule has 4 nitrogen and oxygen atoms in total. The number of rotatable bonds is 8. The lowest BCUT2D eigenvalue weighted by atomic mass is 10.2. The maximum Gasteiger partial charge on any atom is 0.260 e. The maximum atomic E-state index is 12.7. The van der Waals surface area contributed by atoms with Gasteiger partial charge >= 0.3 is 0 Å². The first-order valence-corrected chi connectivity index (χ1v) is 6.44. The van der Waals surface area contributed by atoms with Gasteiger partial charge in [-0.05, 0) is 50.5 Å². The molecule has 1 aromatic carbocycles. The molecule has 1 unspecified atom stereocenters. The largest absolute Gasteiger partial charge is 0.481 e. The van der Waals surface area contributed by atoms with Gasteiger partial charge in [-0.25, -0.2) is 4.39 Å². The fourth-order valence-electron chi connectivity index (χ4n) is 1.54. The number of carbonyl (C=O) groups excluding carboxylic acids is 1. The molecule has 0 heterocycles. The number of aliphatic hydroxyl groups excluding tert-OH is 1. The van der Waals surface area contributed by atoms with Crippen molar-refractivity contribution >= 4 is 5.91 Å². The minimum atomic E-state index is -0.622. The van der Waals surface area contributed by atoms with Gasteiger partial charge in [-0.15, -0.1) is 0 Å². The maximum absolute atomic E-state index is 12.7. The quantitative estimate of drug-likeness (QED) is 0.708. The minimum Gasteiger partial charge on any atom is -0.481 e. The highest BCUT2D eigenvalue weighted by atomic mass is 19.1. The zero-order valence-corrected chi connectivity index (χ0v) is 11.1. The van der Waals surface area contributed by atoms with Gasteiger partial charge in [0.15, 0.2) is 6.10 Å². The summed E-state index contributed by atoms with van der Waals surface area (Å²) in [5.74, 6) is -0.0778. The zero-order valence-electron chi connectivity index (χ0n) is 11.1. The number of amides is 1. The number of ether oxygens (including phenoxy) is 1. The van der Waals surface area contributed by atoms with Crippen molar-refractivity contribution in [3.05, 3.63) is 30.1 Å². The fourth-order valence-corrected chi connectivity index (χ4v) is 1.54. The molecule has 106 valence electrons. The van der Waals surface area contributed by atoms with Crippen molar-refractivity contribution in [2.24, 2.45) is 0 Å². The molecule has 19 heavy (non-hydrogen) atoms. The first-order valence-electron chi connectivity index (χ1n) is 6.44. The van der Waals surface area contributed by atoms with Gasteiger partial charge in [0, 0.05) is 13.2 Å². The molecule has 0 bridgehead atoms. The number of hydrogen-bond donors (Lipinski definition) is 2. The van der Waals surface area contributed by atoms with Crippen LogP contribution in [0, 0.1) is 5.82 Å². The molecule has 0 saturated heterocycles. The van der Waals surface area contributed by atoms with E-state index in [-0.39, 0.29) is 18.3 Å². The molecular weight excluding hydrogens is 249 g/mol. The highest BCUT2D eigenvalue weighted by molar-refractivity contribution is 5.80. The Morgan fingerprint density at radius 3 is 2.63 bits per heavy atom. The van der Waals surface area contributed by atoms with Gasteiger partial charge in [0.25, 0.3) is 5.91 Å². The molecule has 0 aliphatic carbocycles. The van der Waals surface area contributed by atoms with Crippen molar-refractivity contribution < 1.29 is 19.0 Å². The smallest absolute Gasteiger partial charge is 0.260 e. The van der Waals surface area contributed by atoms with E-state index >= 15 is 0 Å². The van der Waals surface area contributed by atoms with Crippen molar-refractivity contribution in [1.82, 2.24) is 5.32 Å². The second kappa shape index (κ2) is 8.48. The van der Waals surface area contributed by atoms with Crippen molar-refractivity contribution in [2.45, 2.75) is 32.3 Å². The molecule has 1 atom stereocenters. The van der Waals surface area contributed by atoms with E-state index in [2.05, 4.69) is 5.32 Å². The molecule has 1 rings (SSSR count). The highest BCUT2D eigenvalue weighted by Gasteiger charge is 2.13. The van der Waals surface area contributed by atoms with Crippen molar-refractivity contribution in [3.8, 4) is 5.75 Å². The Kier molecular flexibility index (Phi) is 6.89.